The second kappa shape index (κ2) is 6.17. The van der Waals surface area contributed by atoms with Crippen molar-refractivity contribution in [3.63, 3.8) is 0 Å². The maximum atomic E-state index is 6.04. The van der Waals surface area contributed by atoms with E-state index >= 15 is 0 Å². The Kier molecular flexibility index (Phi) is 5.48. The number of allylic oxidation sites excluding steroid dienone is 1. The molecule has 0 saturated carbocycles. The molecule has 0 fully saturated rings. The van der Waals surface area contributed by atoms with Gasteiger partial charge in [0.1, 0.15) is 5.75 Å². The van der Waals surface area contributed by atoms with Crippen molar-refractivity contribution in [3.8, 4) is 5.75 Å². The van der Waals surface area contributed by atoms with Gasteiger partial charge in [0.05, 0.1) is 5.02 Å². The second-order valence-corrected chi connectivity index (χ2v) is 7.20. The Morgan fingerprint density at radius 2 is 2.00 bits per heavy atom. The summed E-state index contributed by atoms with van der Waals surface area (Å²) in [6, 6.07) is 1.62. The predicted octanol–water partition coefficient (Wildman–Crippen LogP) is 4.87. The topological polar surface area (TPSA) is 9.23 Å². The third-order valence-corrected chi connectivity index (χ3v) is 3.58. The fourth-order valence-electron chi connectivity index (χ4n) is 1.32. The van der Waals surface area contributed by atoms with E-state index in [2.05, 4.69) is 6.58 Å². The fourth-order valence-corrected chi connectivity index (χ4v) is 2.78. The minimum atomic E-state index is -1.90. The van der Waals surface area contributed by atoms with E-state index in [9.17, 15) is 0 Å². The predicted molar refractivity (Wildman–Crippen MR) is 73.2 cm³/mol. The molecule has 0 aliphatic rings. The molecule has 0 N–H and O–H groups in total. The lowest BCUT2D eigenvalue weighted by atomic mass is 10.0. The highest BCUT2D eigenvalue weighted by molar-refractivity contribution is 7.31. The molecule has 0 aliphatic carbocycles. The summed E-state index contributed by atoms with van der Waals surface area (Å²) < 4.78 is 5.36. The van der Waals surface area contributed by atoms with Crippen LogP contribution in [0.15, 0.2) is 18.7 Å². The van der Waals surface area contributed by atoms with Crippen LogP contribution in [0.25, 0.3) is 0 Å². The van der Waals surface area contributed by atoms with Crippen LogP contribution in [0.4, 0.5) is 0 Å². The third kappa shape index (κ3) is 3.31. The van der Waals surface area contributed by atoms with Crippen molar-refractivity contribution in [1.82, 2.24) is 0 Å². The molecule has 87 valence electrons. The molecule has 1 nitrogen and oxygen atoms in total. The van der Waals surface area contributed by atoms with Gasteiger partial charge in [0, 0.05) is 10.6 Å². The molecule has 1 rings (SSSR count). The van der Waals surface area contributed by atoms with Crippen molar-refractivity contribution in [3.05, 3.63) is 39.9 Å². The SMILES string of the molecule is C=CCc1c(C)c(Cl)cc(Cl)c1O[Si](Cl)Cl. The van der Waals surface area contributed by atoms with Crippen molar-refractivity contribution < 1.29 is 4.43 Å². The van der Waals surface area contributed by atoms with Gasteiger partial charge >= 0.3 is 7.66 Å². The van der Waals surface area contributed by atoms with Gasteiger partial charge in [-0.15, -0.1) is 6.58 Å². The molecule has 0 aliphatic heterocycles. The Morgan fingerprint density at radius 1 is 1.38 bits per heavy atom. The van der Waals surface area contributed by atoms with Crippen molar-refractivity contribution in [2.75, 3.05) is 0 Å². The Labute approximate surface area is 116 Å². The summed E-state index contributed by atoms with van der Waals surface area (Å²) in [5, 5.41) is 1.00. The van der Waals surface area contributed by atoms with Crippen LogP contribution >= 0.6 is 45.4 Å². The van der Waals surface area contributed by atoms with Crippen LogP contribution in [0, 0.1) is 6.92 Å². The van der Waals surface area contributed by atoms with E-state index in [0.717, 1.165) is 11.1 Å². The van der Waals surface area contributed by atoms with E-state index in [-0.39, 0.29) is 0 Å². The summed E-state index contributed by atoms with van der Waals surface area (Å²) >= 11 is 23.4. The lowest BCUT2D eigenvalue weighted by molar-refractivity contribution is 0.595. The fraction of sp³-hybridized carbons (Fsp3) is 0.200. The average molecular weight is 315 g/mol. The van der Waals surface area contributed by atoms with Gasteiger partial charge in [-0.3, -0.25) is 0 Å². The first kappa shape index (κ1) is 14.2. The van der Waals surface area contributed by atoms with Gasteiger partial charge < -0.3 is 4.43 Å². The molecule has 1 aromatic carbocycles. The summed E-state index contributed by atoms with van der Waals surface area (Å²) in [6.45, 7) is 5.57. The summed E-state index contributed by atoms with van der Waals surface area (Å²) in [6.07, 6.45) is 2.35. The van der Waals surface area contributed by atoms with Crippen LogP contribution < -0.4 is 4.43 Å². The van der Waals surface area contributed by atoms with Gasteiger partial charge in [0.25, 0.3) is 0 Å². The van der Waals surface area contributed by atoms with Crippen molar-refractivity contribution in [1.29, 1.82) is 0 Å². The summed E-state index contributed by atoms with van der Waals surface area (Å²) in [4.78, 5) is 0. The van der Waals surface area contributed by atoms with Crippen LogP contribution in [0.3, 0.4) is 0 Å². The minimum Gasteiger partial charge on any atom is -0.515 e. The van der Waals surface area contributed by atoms with E-state index in [1.165, 1.54) is 0 Å². The van der Waals surface area contributed by atoms with Gasteiger partial charge in [-0.2, -0.15) is 0 Å². The lowest BCUT2D eigenvalue weighted by Crippen LogP contribution is -2.09. The number of hydrogen-bond acceptors (Lipinski definition) is 1. The maximum absolute atomic E-state index is 6.04. The Balaban J connectivity index is 3.31. The van der Waals surface area contributed by atoms with Crippen LogP contribution in [0.5, 0.6) is 5.75 Å². The van der Waals surface area contributed by atoms with Crippen LogP contribution in [0.2, 0.25) is 10.0 Å². The zero-order valence-electron chi connectivity index (χ0n) is 8.49. The summed E-state index contributed by atoms with van der Waals surface area (Å²) in [5.41, 5.74) is 1.77. The molecule has 0 unspecified atom stereocenters. The molecule has 1 radical (unpaired) electrons. The highest BCUT2D eigenvalue weighted by atomic mass is 35.7. The molecule has 0 saturated heterocycles. The van der Waals surface area contributed by atoms with Crippen LogP contribution in [0.1, 0.15) is 11.1 Å². The Hall–Kier alpha value is 0.137. The summed E-state index contributed by atoms with van der Waals surface area (Å²) in [7, 11) is -1.90. The minimum absolute atomic E-state index is 0.413. The Morgan fingerprint density at radius 3 is 2.50 bits per heavy atom. The molecule has 16 heavy (non-hydrogen) atoms. The summed E-state index contributed by atoms with van der Waals surface area (Å²) in [5.74, 6) is 0.502. The molecular weight excluding hydrogens is 306 g/mol. The lowest BCUT2D eigenvalue weighted by Gasteiger charge is -2.15. The van der Waals surface area contributed by atoms with E-state index < -0.39 is 7.66 Å². The average Bonchev–Trinajstić information content (AvgIpc) is 2.19. The maximum Gasteiger partial charge on any atom is 0.511 e. The largest absolute Gasteiger partial charge is 0.515 e. The van der Waals surface area contributed by atoms with Crippen LogP contribution in [-0.4, -0.2) is 7.66 Å². The van der Waals surface area contributed by atoms with E-state index in [4.69, 9.17) is 49.8 Å². The Bertz CT molecular complexity index is 406. The van der Waals surface area contributed by atoms with Gasteiger partial charge in [-0.05, 0) is 25.0 Å². The molecule has 0 atom stereocenters. The molecule has 6 heteroatoms. The van der Waals surface area contributed by atoms with Gasteiger partial charge in [-0.25, -0.2) is 0 Å². The van der Waals surface area contributed by atoms with E-state index in [1.807, 2.05) is 6.92 Å². The van der Waals surface area contributed by atoms with Crippen molar-refractivity contribution in [2.24, 2.45) is 0 Å². The molecule has 0 amide bonds. The molecule has 1 aromatic rings. The smallest absolute Gasteiger partial charge is 0.511 e. The normalized spacial score (nSPS) is 10.6. The highest BCUT2D eigenvalue weighted by Crippen LogP contribution is 2.37. The first-order valence-corrected chi connectivity index (χ1v) is 8.60. The standard InChI is InChI=1S/C10H9Cl4OSi/c1-3-4-7-6(2)8(11)5-9(12)10(7)15-16(13)14/h3,5H,1,4H2,2H3. The highest BCUT2D eigenvalue weighted by Gasteiger charge is 2.18. The van der Waals surface area contributed by atoms with E-state index in [1.54, 1.807) is 12.1 Å². The quantitative estimate of drug-likeness (QED) is 0.437. The third-order valence-electron chi connectivity index (χ3n) is 2.08. The molecule has 0 aromatic heterocycles. The van der Waals surface area contributed by atoms with Crippen LogP contribution in [-0.2, 0) is 6.42 Å². The molecule has 0 spiro atoms. The van der Waals surface area contributed by atoms with Gasteiger partial charge in [-0.1, -0.05) is 51.4 Å². The van der Waals surface area contributed by atoms with Gasteiger partial charge in [0.2, 0.25) is 0 Å². The number of benzene rings is 1. The van der Waals surface area contributed by atoms with Gasteiger partial charge in [0.15, 0.2) is 0 Å². The van der Waals surface area contributed by atoms with E-state index in [0.29, 0.717) is 22.2 Å². The molecule has 0 bridgehead atoms. The first-order chi connectivity index (χ1) is 7.47. The number of rotatable bonds is 4. The molecular formula is C10H9Cl4OSi. The van der Waals surface area contributed by atoms with Crippen molar-refractivity contribution >= 4 is 53.0 Å². The second-order valence-electron chi connectivity index (χ2n) is 3.09. The first-order valence-electron chi connectivity index (χ1n) is 4.41. The zero-order chi connectivity index (χ0) is 12.3. The van der Waals surface area contributed by atoms with Crippen molar-refractivity contribution in [2.45, 2.75) is 13.3 Å². The zero-order valence-corrected chi connectivity index (χ0v) is 12.5. The monoisotopic (exact) mass is 313 g/mol. The molecule has 0 heterocycles. The number of hydrogen-bond donors (Lipinski definition) is 0. The number of halogens is 4.